The van der Waals surface area contributed by atoms with Gasteiger partial charge in [0.25, 0.3) is 0 Å². The third-order valence-corrected chi connectivity index (χ3v) is 6.17. The van der Waals surface area contributed by atoms with Crippen molar-refractivity contribution in [3.05, 3.63) is 35.1 Å². The van der Waals surface area contributed by atoms with Crippen molar-refractivity contribution in [1.82, 2.24) is 25.4 Å². The molecule has 2 aromatic heterocycles. The van der Waals surface area contributed by atoms with E-state index in [1.54, 1.807) is 10.9 Å². The highest BCUT2D eigenvalue weighted by Gasteiger charge is 2.41. The summed E-state index contributed by atoms with van der Waals surface area (Å²) in [5.41, 5.74) is 0.831. The monoisotopic (exact) mass is 489 g/mol. The second-order valence-electron chi connectivity index (χ2n) is 9.76. The van der Waals surface area contributed by atoms with Crippen LogP contribution in [-0.2, 0) is 16.1 Å². The number of halogens is 2. The van der Waals surface area contributed by atoms with Crippen LogP contribution in [0.25, 0.3) is 11.6 Å². The molecule has 0 saturated carbocycles. The number of hydrogen-bond donors (Lipinski definition) is 0. The molecule has 0 amide bonds. The maximum Gasteiger partial charge on any atom is 0.373 e. The molecule has 1 aromatic carbocycles. The third-order valence-electron chi connectivity index (χ3n) is 5.85. The highest BCUT2D eigenvalue weighted by atomic mass is 35.5. The van der Waals surface area contributed by atoms with E-state index in [4.69, 9.17) is 25.7 Å². The van der Waals surface area contributed by atoms with Crippen LogP contribution in [0.5, 0.6) is 0 Å². The zero-order valence-corrected chi connectivity index (χ0v) is 19.9. The summed E-state index contributed by atoms with van der Waals surface area (Å²) in [5, 5.41) is 17.5. The quantitative estimate of drug-likeness (QED) is 0.545. The minimum absolute atomic E-state index is 0.0571. The standard InChI is InChI=1S/C21H25ClFN7O.CO2/c1-21(2,3)12-30-25-20(24-27-30)18-7-19(26-31-18)29-10-13-8-28(9-14(13)11-29)17-6-15(23)4-5-16(17)22;2-1-3/h4-7,13-14H,8-12H2,1-3H3;. The Bertz CT molecular complexity index is 1170. The van der Waals surface area contributed by atoms with Crippen LogP contribution in [0.15, 0.2) is 28.8 Å². The number of hydrogen-bond acceptors (Lipinski definition) is 9. The van der Waals surface area contributed by atoms with Gasteiger partial charge in [0.2, 0.25) is 11.6 Å². The number of aromatic nitrogens is 5. The number of tetrazole rings is 1. The topological polar surface area (TPSA) is 110 Å². The summed E-state index contributed by atoms with van der Waals surface area (Å²) >= 11 is 6.30. The zero-order chi connectivity index (χ0) is 24.5. The van der Waals surface area contributed by atoms with E-state index >= 15 is 0 Å². The smallest absolute Gasteiger partial charge is 0.370 e. The molecule has 10 nitrogen and oxygen atoms in total. The summed E-state index contributed by atoms with van der Waals surface area (Å²) < 4.78 is 19.2. The summed E-state index contributed by atoms with van der Waals surface area (Å²) in [6.45, 7) is 10.5. The lowest BCUT2D eigenvalue weighted by molar-refractivity contribution is -0.191. The molecule has 2 aliphatic rings. The van der Waals surface area contributed by atoms with Crippen molar-refractivity contribution in [2.24, 2.45) is 17.3 Å². The van der Waals surface area contributed by atoms with Gasteiger partial charge < -0.3 is 14.3 Å². The summed E-state index contributed by atoms with van der Waals surface area (Å²) in [7, 11) is 0. The van der Waals surface area contributed by atoms with Crippen LogP contribution in [0.1, 0.15) is 20.8 Å². The van der Waals surface area contributed by atoms with Crippen molar-refractivity contribution in [3.63, 3.8) is 0 Å². The predicted octanol–water partition coefficient (Wildman–Crippen LogP) is 3.16. The van der Waals surface area contributed by atoms with Crippen molar-refractivity contribution >= 4 is 29.3 Å². The van der Waals surface area contributed by atoms with Gasteiger partial charge in [0, 0.05) is 44.1 Å². The van der Waals surface area contributed by atoms with Gasteiger partial charge in [-0.25, -0.2) is 4.39 Å². The molecule has 3 aromatic rings. The van der Waals surface area contributed by atoms with E-state index < -0.39 is 0 Å². The summed E-state index contributed by atoms with van der Waals surface area (Å²) in [4.78, 5) is 22.3. The lowest BCUT2D eigenvalue weighted by atomic mass is 9.97. The first-order valence-electron chi connectivity index (χ1n) is 10.9. The highest BCUT2D eigenvalue weighted by molar-refractivity contribution is 6.33. The van der Waals surface area contributed by atoms with E-state index in [9.17, 15) is 4.39 Å². The number of fused-ring (bicyclic) bond motifs is 1. The van der Waals surface area contributed by atoms with Crippen molar-refractivity contribution < 1.29 is 18.5 Å². The van der Waals surface area contributed by atoms with E-state index in [-0.39, 0.29) is 17.4 Å². The van der Waals surface area contributed by atoms with Gasteiger partial charge in [-0.15, -0.1) is 10.2 Å². The number of anilines is 2. The highest BCUT2D eigenvalue weighted by Crippen LogP contribution is 2.38. The second kappa shape index (κ2) is 9.52. The molecule has 2 atom stereocenters. The molecular formula is C22H25ClFN7O3. The lowest BCUT2D eigenvalue weighted by Gasteiger charge is -2.23. The Morgan fingerprint density at radius 1 is 1.12 bits per heavy atom. The summed E-state index contributed by atoms with van der Waals surface area (Å²) in [6, 6.07) is 6.41. The van der Waals surface area contributed by atoms with E-state index in [1.807, 2.05) is 6.07 Å². The number of rotatable bonds is 4. The molecule has 0 aliphatic carbocycles. The minimum Gasteiger partial charge on any atom is -0.370 e. The van der Waals surface area contributed by atoms with Crippen molar-refractivity contribution in [2.45, 2.75) is 27.3 Å². The van der Waals surface area contributed by atoms with Crippen LogP contribution in [0.3, 0.4) is 0 Å². The van der Waals surface area contributed by atoms with Crippen LogP contribution in [-0.4, -0.2) is 57.7 Å². The molecule has 2 aliphatic heterocycles. The molecule has 34 heavy (non-hydrogen) atoms. The summed E-state index contributed by atoms with van der Waals surface area (Å²) in [6.07, 6.45) is 0.250. The molecule has 2 saturated heterocycles. The first-order valence-corrected chi connectivity index (χ1v) is 11.2. The van der Waals surface area contributed by atoms with Gasteiger partial charge in [-0.3, -0.25) is 0 Å². The Kier molecular flexibility index (Phi) is 6.67. The maximum absolute atomic E-state index is 13.7. The van der Waals surface area contributed by atoms with E-state index in [1.165, 1.54) is 12.1 Å². The van der Waals surface area contributed by atoms with Crippen LogP contribution < -0.4 is 9.80 Å². The molecule has 0 N–H and O–H groups in total. The largest absolute Gasteiger partial charge is 0.373 e. The molecule has 4 heterocycles. The first kappa shape index (κ1) is 23.8. The summed E-state index contributed by atoms with van der Waals surface area (Å²) in [5.74, 6) is 2.40. The normalized spacial score (nSPS) is 19.6. The van der Waals surface area contributed by atoms with Gasteiger partial charge in [-0.05, 0) is 28.8 Å². The van der Waals surface area contributed by atoms with Gasteiger partial charge in [0.1, 0.15) is 5.82 Å². The Hall–Kier alpha value is -3.30. The molecule has 0 bridgehead atoms. The van der Waals surface area contributed by atoms with Crippen molar-refractivity contribution in [2.75, 3.05) is 36.0 Å². The van der Waals surface area contributed by atoms with Gasteiger partial charge in [0.15, 0.2) is 5.82 Å². The van der Waals surface area contributed by atoms with Crippen molar-refractivity contribution in [3.8, 4) is 11.6 Å². The average Bonchev–Trinajstić information content (AvgIpc) is 3.51. The molecule has 5 rings (SSSR count). The van der Waals surface area contributed by atoms with E-state index in [0.29, 0.717) is 35.0 Å². The fraction of sp³-hybridized carbons (Fsp3) is 0.500. The van der Waals surface area contributed by atoms with Crippen LogP contribution in [0, 0.1) is 23.1 Å². The van der Waals surface area contributed by atoms with Gasteiger partial charge in [-0.2, -0.15) is 14.4 Å². The number of benzene rings is 1. The zero-order valence-electron chi connectivity index (χ0n) is 19.1. The Morgan fingerprint density at radius 3 is 2.41 bits per heavy atom. The minimum atomic E-state index is -0.263. The molecule has 180 valence electrons. The molecule has 0 spiro atoms. The Labute approximate surface area is 200 Å². The predicted molar refractivity (Wildman–Crippen MR) is 121 cm³/mol. The average molecular weight is 490 g/mol. The second-order valence-corrected chi connectivity index (χ2v) is 10.2. The lowest BCUT2D eigenvalue weighted by Crippen LogP contribution is -2.29. The van der Waals surface area contributed by atoms with E-state index in [2.05, 4.69) is 51.1 Å². The van der Waals surface area contributed by atoms with Crippen molar-refractivity contribution in [1.29, 1.82) is 0 Å². The van der Waals surface area contributed by atoms with Gasteiger partial charge >= 0.3 is 6.15 Å². The van der Waals surface area contributed by atoms with Crippen LogP contribution in [0.2, 0.25) is 5.02 Å². The Morgan fingerprint density at radius 2 is 1.76 bits per heavy atom. The van der Waals surface area contributed by atoms with Crippen LogP contribution >= 0.6 is 11.6 Å². The first-order chi connectivity index (χ1) is 16.2. The van der Waals surface area contributed by atoms with Gasteiger partial charge in [-0.1, -0.05) is 37.5 Å². The Balaban J connectivity index is 0.000000868. The molecule has 2 unspecified atom stereocenters. The molecule has 0 radical (unpaired) electrons. The van der Waals surface area contributed by atoms with E-state index in [0.717, 1.165) is 37.7 Å². The SMILES string of the molecule is CC(C)(C)Cn1nnc(-c2cc(N3CC4CN(c5cc(F)ccc5Cl)CC4C3)no2)n1.O=C=O. The number of nitrogens with zero attached hydrogens (tertiary/aromatic N) is 7. The fourth-order valence-electron chi connectivity index (χ4n) is 4.46. The fourth-order valence-corrected chi connectivity index (χ4v) is 4.70. The number of carbonyl (C=O) groups excluding carboxylic acids is 2. The van der Waals surface area contributed by atoms with Crippen LogP contribution in [0.4, 0.5) is 15.9 Å². The molecular weight excluding hydrogens is 465 g/mol. The molecule has 12 heteroatoms. The van der Waals surface area contributed by atoms with Gasteiger partial charge in [0.05, 0.1) is 17.3 Å². The third kappa shape index (κ3) is 5.26. The molecule has 2 fully saturated rings. The maximum atomic E-state index is 13.7.